The molecule has 0 radical (unpaired) electrons. The normalized spacial score (nSPS) is 22.5. The average molecular weight is 343 g/mol. The van der Waals surface area contributed by atoms with E-state index in [0.29, 0.717) is 13.1 Å². The molecule has 3 rings (SSSR count). The molecule has 1 aromatic rings. The smallest absolute Gasteiger partial charge is 0.234 e. The largest absolute Gasteiger partial charge is 0.376 e. The number of hydrogen-bond acceptors (Lipinski definition) is 4. The van der Waals surface area contributed by atoms with Gasteiger partial charge in [0.1, 0.15) is 0 Å². The summed E-state index contributed by atoms with van der Waals surface area (Å²) in [6.45, 7) is 6.88. The lowest BCUT2D eigenvalue weighted by atomic mass is 10.2. The van der Waals surface area contributed by atoms with Gasteiger partial charge >= 0.3 is 0 Å². The summed E-state index contributed by atoms with van der Waals surface area (Å²) in [5.41, 5.74) is 1.24. The average Bonchev–Trinajstić information content (AvgIpc) is 3.16. The molecule has 2 heterocycles. The zero-order valence-corrected chi connectivity index (χ0v) is 14.9. The van der Waals surface area contributed by atoms with Crippen molar-refractivity contribution >= 4 is 12.0 Å². The fourth-order valence-corrected chi connectivity index (χ4v) is 3.32. The van der Waals surface area contributed by atoms with Gasteiger partial charge in [-0.05, 0) is 18.4 Å². The molecule has 1 aromatic carbocycles. The number of carbonyl (C=O) groups is 1. The van der Waals surface area contributed by atoms with Crippen LogP contribution in [-0.4, -0.2) is 74.2 Å². The Hall–Kier alpha value is -1.69. The topological polar surface area (TPSA) is 44.8 Å². The Labute approximate surface area is 150 Å². The first-order valence-corrected chi connectivity index (χ1v) is 9.34. The minimum absolute atomic E-state index is 0.118. The van der Waals surface area contributed by atoms with E-state index in [1.807, 2.05) is 6.07 Å². The van der Waals surface area contributed by atoms with E-state index in [4.69, 9.17) is 4.74 Å². The maximum atomic E-state index is 12.0. The molecular formula is C20H29N3O2. The Kier molecular flexibility index (Phi) is 7.03. The Morgan fingerprint density at radius 2 is 1.92 bits per heavy atom. The lowest BCUT2D eigenvalue weighted by Gasteiger charge is -2.33. The first-order chi connectivity index (χ1) is 12.3. The fraction of sp³-hybridized carbons (Fsp3) is 0.550. The molecular weight excluding hydrogens is 314 g/mol. The van der Waals surface area contributed by atoms with Crippen LogP contribution < -0.4 is 5.32 Å². The summed E-state index contributed by atoms with van der Waals surface area (Å²) in [4.78, 5) is 16.7. The number of benzene rings is 1. The first-order valence-electron chi connectivity index (χ1n) is 9.34. The summed E-state index contributed by atoms with van der Waals surface area (Å²) in [6.07, 6.45) is 6.79. The summed E-state index contributed by atoms with van der Waals surface area (Å²) in [5.74, 6) is 0.118. The lowest BCUT2D eigenvalue weighted by Crippen LogP contribution is -2.49. The van der Waals surface area contributed by atoms with Crippen LogP contribution in [0.4, 0.5) is 0 Å². The van der Waals surface area contributed by atoms with Gasteiger partial charge in [-0.15, -0.1) is 0 Å². The number of ether oxygens (including phenoxy) is 1. The van der Waals surface area contributed by atoms with Crippen LogP contribution in [-0.2, 0) is 9.53 Å². The van der Waals surface area contributed by atoms with Crippen LogP contribution in [0.1, 0.15) is 18.4 Å². The molecule has 2 fully saturated rings. The van der Waals surface area contributed by atoms with Crippen LogP contribution in [0.3, 0.4) is 0 Å². The maximum Gasteiger partial charge on any atom is 0.234 e. The number of carbonyl (C=O) groups excluding carboxylic acids is 1. The summed E-state index contributed by atoms with van der Waals surface area (Å²) in [6, 6.07) is 10.4. The molecule has 1 N–H and O–H groups in total. The van der Waals surface area contributed by atoms with Crippen molar-refractivity contribution in [1.82, 2.24) is 15.1 Å². The van der Waals surface area contributed by atoms with Crippen molar-refractivity contribution in [3.63, 3.8) is 0 Å². The van der Waals surface area contributed by atoms with Crippen molar-refractivity contribution < 1.29 is 9.53 Å². The summed E-state index contributed by atoms with van der Waals surface area (Å²) < 4.78 is 5.54. The van der Waals surface area contributed by atoms with Crippen LogP contribution >= 0.6 is 0 Å². The van der Waals surface area contributed by atoms with Crippen LogP contribution in [0.2, 0.25) is 0 Å². The first kappa shape index (κ1) is 18.1. The highest BCUT2D eigenvalue weighted by Crippen LogP contribution is 2.10. The van der Waals surface area contributed by atoms with E-state index in [9.17, 15) is 4.79 Å². The van der Waals surface area contributed by atoms with Gasteiger partial charge in [0.25, 0.3) is 0 Å². The minimum atomic E-state index is 0.118. The van der Waals surface area contributed by atoms with Crippen LogP contribution in [0, 0.1) is 0 Å². The summed E-state index contributed by atoms with van der Waals surface area (Å²) in [5, 5.41) is 3.01. The van der Waals surface area contributed by atoms with E-state index < -0.39 is 0 Å². The maximum absolute atomic E-state index is 12.0. The van der Waals surface area contributed by atoms with Gasteiger partial charge in [-0.3, -0.25) is 14.6 Å². The van der Waals surface area contributed by atoms with E-state index in [1.54, 1.807) is 0 Å². The third kappa shape index (κ3) is 6.27. The van der Waals surface area contributed by atoms with Crippen molar-refractivity contribution in [1.29, 1.82) is 0 Å². The highest BCUT2D eigenvalue weighted by Gasteiger charge is 2.20. The van der Waals surface area contributed by atoms with E-state index in [-0.39, 0.29) is 12.0 Å². The Balaban J connectivity index is 1.30. The zero-order valence-electron chi connectivity index (χ0n) is 14.9. The molecule has 0 aliphatic carbocycles. The van der Waals surface area contributed by atoms with Crippen LogP contribution in [0.5, 0.6) is 0 Å². The van der Waals surface area contributed by atoms with Crippen molar-refractivity contribution in [3.05, 3.63) is 42.0 Å². The number of amides is 1. The SMILES string of the molecule is O=C(CN1CCN(C/C=C/c2ccccc2)CC1)NC[C@@H]1CCCO1. The van der Waals surface area contributed by atoms with Gasteiger partial charge < -0.3 is 10.1 Å². The third-order valence-corrected chi connectivity index (χ3v) is 4.86. The van der Waals surface area contributed by atoms with Crippen molar-refractivity contribution in [3.8, 4) is 0 Å². The highest BCUT2D eigenvalue weighted by molar-refractivity contribution is 5.78. The van der Waals surface area contributed by atoms with E-state index in [2.05, 4.69) is 51.5 Å². The quantitative estimate of drug-likeness (QED) is 0.817. The molecule has 2 aliphatic heterocycles. The van der Waals surface area contributed by atoms with E-state index in [0.717, 1.165) is 52.2 Å². The number of nitrogens with one attached hydrogen (secondary N) is 1. The monoisotopic (exact) mass is 343 g/mol. The van der Waals surface area contributed by atoms with Gasteiger partial charge in [-0.1, -0.05) is 42.5 Å². The second kappa shape index (κ2) is 9.70. The molecule has 5 heteroatoms. The summed E-state index contributed by atoms with van der Waals surface area (Å²) in [7, 11) is 0. The number of hydrogen-bond donors (Lipinski definition) is 1. The van der Waals surface area contributed by atoms with Gasteiger partial charge in [-0.25, -0.2) is 0 Å². The Morgan fingerprint density at radius 1 is 1.16 bits per heavy atom. The fourth-order valence-electron chi connectivity index (χ4n) is 3.32. The zero-order chi connectivity index (χ0) is 17.3. The molecule has 0 saturated carbocycles. The molecule has 0 aromatic heterocycles. The predicted molar refractivity (Wildman–Crippen MR) is 100 cm³/mol. The van der Waals surface area contributed by atoms with Gasteiger partial charge in [0, 0.05) is 45.9 Å². The minimum Gasteiger partial charge on any atom is -0.376 e. The second-order valence-electron chi connectivity index (χ2n) is 6.83. The van der Waals surface area contributed by atoms with Gasteiger partial charge in [0.2, 0.25) is 5.91 Å². The molecule has 0 unspecified atom stereocenters. The van der Waals surface area contributed by atoms with E-state index in [1.165, 1.54) is 5.56 Å². The van der Waals surface area contributed by atoms with Crippen LogP contribution in [0.25, 0.3) is 6.08 Å². The van der Waals surface area contributed by atoms with Gasteiger partial charge in [-0.2, -0.15) is 0 Å². The van der Waals surface area contributed by atoms with Gasteiger partial charge in [0.15, 0.2) is 0 Å². The number of rotatable bonds is 7. The van der Waals surface area contributed by atoms with E-state index >= 15 is 0 Å². The Bertz CT molecular complexity index is 547. The van der Waals surface area contributed by atoms with Gasteiger partial charge in [0.05, 0.1) is 12.6 Å². The molecule has 1 amide bonds. The van der Waals surface area contributed by atoms with Crippen molar-refractivity contribution in [2.45, 2.75) is 18.9 Å². The number of piperazine rings is 1. The molecule has 136 valence electrons. The molecule has 0 bridgehead atoms. The second-order valence-corrected chi connectivity index (χ2v) is 6.83. The predicted octanol–water partition coefficient (Wildman–Crippen LogP) is 1.61. The van der Waals surface area contributed by atoms with Crippen molar-refractivity contribution in [2.75, 3.05) is 52.4 Å². The molecule has 1 atom stereocenters. The molecule has 25 heavy (non-hydrogen) atoms. The summed E-state index contributed by atoms with van der Waals surface area (Å²) >= 11 is 0. The third-order valence-electron chi connectivity index (χ3n) is 4.86. The standard InChI is InChI=1S/C20H29N3O2/c24-20(21-16-19-9-5-15-25-19)17-23-13-11-22(12-14-23)10-4-8-18-6-2-1-3-7-18/h1-4,6-8,19H,5,9-17H2,(H,21,24)/b8-4+/t19-/m0/s1. The molecule has 2 saturated heterocycles. The van der Waals surface area contributed by atoms with Crippen LogP contribution in [0.15, 0.2) is 36.4 Å². The molecule has 2 aliphatic rings. The Morgan fingerprint density at radius 3 is 2.64 bits per heavy atom. The lowest BCUT2D eigenvalue weighted by molar-refractivity contribution is -0.123. The molecule has 0 spiro atoms. The number of nitrogens with zero attached hydrogens (tertiary/aromatic N) is 2. The molecule has 5 nitrogen and oxygen atoms in total. The van der Waals surface area contributed by atoms with Crippen molar-refractivity contribution in [2.24, 2.45) is 0 Å². The highest BCUT2D eigenvalue weighted by atomic mass is 16.5.